The van der Waals surface area contributed by atoms with Crippen LogP contribution in [0.4, 0.5) is 0 Å². The molecule has 4 nitrogen and oxygen atoms in total. The highest BCUT2D eigenvalue weighted by Crippen LogP contribution is 2.18. The van der Waals surface area contributed by atoms with Crippen molar-refractivity contribution in [3.05, 3.63) is 35.9 Å². The zero-order valence-electron chi connectivity index (χ0n) is 16.4. The van der Waals surface area contributed by atoms with Crippen LogP contribution in [0, 0.1) is 0 Å². The third-order valence-corrected chi connectivity index (χ3v) is 5.29. The van der Waals surface area contributed by atoms with Gasteiger partial charge in [0.2, 0.25) is 11.8 Å². The Morgan fingerprint density at radius 1 is 1.12 bits per heavy atom. The molecule has 0 saturated heterocycles. The molecule has 1 saturated carbocycles. The standard InChI is InChI=1S/C22H34N2O2/c1-3-11-21(25)24(17-16-18-12-7-5-8-13-18)20(4-2)22(26)23-19-14-9-6-10-15-19/h5,7-8,12-13,19-20H,3-4,6,9-11,14-17H2,1-2H3,(H,23,26)/t20-/m0/s1. The molecule has 4 heteroatoms. The first kappa shape index (κ1) is 20.5. The lowest BCUT2D eigenvalue weighted by Gasteiger charge is -2.32. The SMILES string of the molecule is CCCC(=O)N(CCc1ccccc1)[C@@H](CC)C(=O)NC1CCCCC1. The molecule has 144 valence electrons. The summed E-state index contributed by atoms with van der Waals surface area (Å²) in [6.07, 6.45) is 8.52. The van der Waals surface area contributed by atoms with Crippen LogP contribution in [0.1, 0.15) is 70.8 Å². The minimum atomic E-state index is -0.361. The average molecular weight is 359 g/mol. The smallest absolute Gasteiger partial charge is 0.243 e. The monoisotopic (exact) mass is 358 g/mol. The van der Waals surface area contributed by atoms with Gasteiger partial charge in [-0.1, -0.05) is 63.4 Å². The van der Waals surface area contributed by atoms with Crippen molar-refractivity contribution in [2.45, 2.75) is 83.7 Å². The second-order valence-corrected chi connectivity index (χ2v) is 7.34. The Kier molecular flexibility index (Phi) is 8.66. The number of nitrogens with zero attached hydrogens (tertiary/aromatic N) is 1. The fraction of sp³-hybridized carbons (Fsp3) is 0.636. The molecule has 1 fully saturated rings. The number of hydrogen-bond acceptors (Lipinski definition) is 2. The van der Waals surface area contributed by atoms with Gasteiger partial charge in [0.15, 0.2) is 0 Å². The van der Waals surface area contributed by atoms with Crippen molar-refractivity contribution < 1.29 is 9.59 Å². The summed E-state index contributed by atoms with van der Waals surface area (Å²) < 4.78 is 0. The number of hydrogen-bond donors (Lipinski definition) is 1. The molecular formula is C22H34N2O2. The van der Waals surface area contributed by atoms with Crippen LogP contribution < -0.4 is 5.32 Å². The molecule has 1 aliphatic rings. The van der Waals surface area contributed by atoms with Crippen molar-refractivity contribution in [1.29, 1.82) is 0 Å². The summed E-state index contributed by atoms with van der Waals surface area (Å²) in [4.78, 5) is 27.4. The third-order valence-electron chi connectivity index (χ3n) is 5.29. The van der Waals surface area contributed by atoms with Crippen LogP contribution in [-0.2, 0) is 16.0 Å². The van der Waals surface area contributed by atoms with Gasteiger partial charge in [0, 0.05) is 19.0 Å². The second-order valence-electron chi connectivity index (χ2n) is 7.34. The van der Waals surface area contributed by atoms with Crippen LogP contribution in [0.25, 0.3) is 0 Å². The fourth-order valence-corrected chi connectivity index (χ4v) is 3.80. The van der Waals surface area contributed by atoms with E-state index in [1.165, 1.54) is 24.8 Å². The van der Waals surface area contributed by atoms with Crippen LogP contribution in [0.5, 0.6) is 0 Å². The molecule has 0 unspecified atom stereocenters. The number of rotatable bonds is 9. The molecule has 0 spiro atoms. The highest BCUT2D eigenvalue weighted by molar-refractivity contribution is 5.87. The first-order valence-electron chi connectivity index (χ1n) is 10.3. The van der Waals surface area contributed by atoms with E-state index >= 15 is 0 Å². The van der Waals surface area contributed by atoms with E-state index in [2.05, 4.69) is 17.4 Å². The van der Waals surface area contributed by atoms with Crippen LogP contribution in [0.3, 0.4) is 0 Å². The van der Waals surface area contributed by atoms with Crippen molar-refractivity contribution in [3.8, 4) is 0 Å². The predicted molar refractivity (Wildman–Crippen MR) is 106 cm³/mol. The zero-order valence-corrected chi connectivity index (χ0v) is 16.4. The Bertz CT molecular complexity index is 553. The molecule has 1 N–H and O–H groups in total. The third kappa shape index (κ3) is 6.15. The van der Waals surface area contributed by atoms with Crippen molar-refractivity contribution in [2.75, 3.05) is 6.54 Å². The van der Waals surface area contributed by atoms with Gasteiger partial charge in [0.05, 0.1) is 0 Å². The molecule has 2 rings (SSSR count). The summed E-state index contributed by atoms with van der Waals surface area (Å²) in [5.74, 6) is 0.117. The molecule has 1 aromatic carbocycles. The Hall–Kier alpha value is -1.84. The highest BCUT2D eigenvalue weighted by Gasteiger charge is 2.29. The zero-order chi connectivity index (χ0) is 18.8. The molecule has 0 aromatic heterocycles. The van der Waals surface area contributed by atoms with E-state index in [9.17, 15) is 9.59 Å². The fourth-order valence-electron chi connectivity index (χ4n) is 3.80. The first-order chi connectivity index (χ1) is 12.7. The minimum Gasteiger partial charge on any atom is -0.352 e. The number of benzene rings is 1. The molecule has 26 heavy (non-hydrogen) atoms. The summed E-state index contributed by atoms with van der Waals surface area (Å²) in [6, 6.07) is 10.1. The number of amides is 2. The molecule has 0 bridgehead atoms. The normalized spacial score (nSPS) is 16.1. The predicted octanol–water partition coefficient (Wildman–Crippen LogP) is 4.09. The number of carbonyl (C=O) groups excluding carboxylic acids is 2. The van der Waals surface area contributed by atoms with Gasteiger partial charge in [-0.05, 0) is 37.7 Å². The van der Waals surface area contributed by atoms with Crippen LogP contribution >= 0.6 is 0 Å². The molecular weight excluding hydrogens is 324 g/mol. The van der Waals surface area contributed by atoms with Gasteiger partial charge < -0.3 is 10.2 Å². The van der Waals surface area contributed by atoms with E-state index in [1.54, 1.807) is 0 Å². The Morgan fingerprint density at radius 2 is 1.81 bits per heavy atom. The Balaban J connectivity index is 2.03. The van der Waals surface area contributed by atoms with Crippen molar-refractivity contribution in [2.24, 2.45) is 0 Å². The Labute approximate surface area is 158 Å². The van der Waals surface area contributed by atoms with Gasteiger partial charge in [0.1, 0.15) is 6.04 Å². The van der Waals surface area contributed by atoms with Crippen molar-refractivity contribution >= 4 is 11.8 Å². The summed E-state index contributed by atoms with van der Waals surface area (Å²) >= 11 is 0. The lowest BCUT2D eigenvalue weighted by molar-refractivity contribution is -0.141. The molecule has 2 amide bonds. The van der Waals surface area contributed by atoms with Gasteiger partial charge in [-0.2, -0.15) is 0 Å². The lowest BCUT2D eigenvalue weighted by atomic mass is 9.95. The molecule has 1 atom stereocenters. The maximum Gasteiger partial charge on any atom is 0.243 e. The van der Waals surface area contributed by atoms with E-state index in [0.29, 0.717) is 19.4 Å². The first-order valence-corrected chi connectivity index (χ1v) is 10.3. The Morgan fingerprint density at radius 3 is 2.42 bits per heavy atom. The maximum atomic E-state index is 12.9. The van der Waals surface area contributed by atoms with Crippen LogP contribution in [0.2, 0.25) is 0 Å². The van der Waals surface area contributed by atoms with E-state index < -0.39 is 0 Å². The minimum absolute atomic E-state index is 0.0249. The van der Waals surface area contributed by atoms with Gasteiger partial charge in [0.25, 0.3) is 0 Å². The molecule has 1 aromatic rings. The van der Waals surface area contributed by atoms with E-state index in [-0.39, 0.29) is 23.9 Å². The van der Waals surface area contributed by atoms with Gasteiger partial charge in [-0.15, -0.1) is 0 Å². The number of nitrogens with one attached hydrogen (secondary N) is 1. The second kappa shape index (κ2) is 11.0. The summed E-state index contributed by atoms with van der Waals surface area (Å²) in [6.45, 7) is 4.61. The molecule has 0 heterocycles. The van der Waals surface area contributed by atoms with Crippen LogP contribution in [-0.4, -0.2) is 35.3 Å². The number of carbonyl (C=O) groups is 2. The van der Waals surface area contributed by atoms with E-state index in [0.717, 1.165) is 25.7 Å². The quantitative estimate of drug-likeness (QED) is 0.723. The van der Waals surface area contributed by atoms with Crippen LogP contribution in [0.15, 0.2) is 30.3 Å². The van der Waals surface area contributed by atoms with Gasteiger partial charge in [-0.3, -0.25) is 9.59 Å². The topological polar surface area (TPSA) is 49.4 Å². The summed E-state index contributed by atoms with van der Waals surface area (Å²) in [7, 11) is 0. The summed E-state index contributed by atoms with van der Waals surface area (Å²) in [5, 5.41) is 3.21. The lowest BCUT2D eigenvalue weighted by Crippen LogP contribution is -2.52. The highest BCUT2D eigenvalue weighted by atomic mass is 16.2. The van der Waals surface area contributed by atoms with Gasteiger partial charge in [-0.25, -0.2) is 0 Å². The van der Waals surface area contributed by atoms with Gasteiger partial charge >= 0.3 is 0 Å². The van der Waals surface area contributed by atoms with E-state index in [4.69, 9.17) is 0 Å². The van der Waals surface area contributed by atoms with Crippen molar-refractivity contribution in [1.82, 2.24) is 10.2 Å². The largest absolute Gasteiger partial charge is 0.352 e. The average Bonchev–Trinajstić information content (AvgIpc) is 2.66. The molecule has 0 radical (unpaired) electrons. The molecule has 1 aliphatic carbocycles. The maximum absolute atomic E-state index is 12.9. The van der Waals surface area contributed by atoms with E-state index in [1.807, 2.05) is 36.9 Å². The summed E-state index contributed by atoms with van der Waals surface area (Å²) in [5.41, 5.74) is 1.20. The van der Waals surface area contributed by atoms with Crippen molar-refractivity contribution in [3.63, 3.8) is 0 Å². The molecule has 0 aliphatic heterocycles.